The predicted octanol–water partition coefficient (Wildman–Crippen LogP) is 3.26. The molecule has 3 aromatic rings. The van der Waals surface area contributed by atoms with E-state index >= 15 is 0 Å². The fourth-order valence-electron chi connectivity index (χ4n) is 3.05. The summed E-state index contributed by atoms with van der Waals surface area (Å²) in [6.45, 7) is 5.52. The number of hydrogen-bond donors (Lipinski definition) is 2. The van der Waals surface area contributed by atoms with Crippen LogP contribution < -0.4 is 10.9 Å². The van der Waals surface area contributed by atoms with E-state index in [2.05, 4.69) is 5.32 Å². The molecule has 0 aliphatic carbocycles. The number of amides is 1. The largest absolute Gasteiger partial charge is 0.389 e. The molecule has 0 spiro atoms. The number of aliphatic hydroxyl groups is 1. The van der Waals surface area contributed by atoms with Gasteiger partial charge in [-0.15, -0.1) is 0 Å². The zero-order valence-electron chi connectivity index (χ0n) is 15.8. The van der Waals surface area contributed by atoms with Crippen LogP contribution in [0.5, 0.6) is 0 Å². The van der Waals surface area contributed by atoms with Gasteiger partial charge in [-0.25, -0.2) is 0 Å². The number of pyridine rings is 1. The number of carbonyl (C=O) groups excluding carboxylic acids is 1. The molecule has 0 atom stereocenters. The molecule has 0 saturated carbocycles. The first kappa shape index (κ1) is 18.9. The SMILES string of the molecule is Cc1ccc(CC(=O)Nc2cccc3c(=O)n(CC(C)(C)O)ccc23)cc1. The number of nitrogens with zero attached hydrogens (tertiary/aromatic N) is 1. The Kier molecular flexibility index (Phi) is 5.15. The highest BCUT2D eigenvalue weighted by Gasteiger charge is 2.16. The summed E-state index contributed by atoms with van der Waals surface area (Å²) in [4.78, 5) is 25.1. The summed E-state index contributed by atoms with van der Waals surface area (Å²) >= 11 is 0. The molecule has 0 aliphatic heterocycles. The van der Waals surface area contributed by atoms with Crippen molar-refractivity contribution < 1.29 is 9.90 Å². The Morgan fingerprint density at radius 1 is 1.07 bits per heavy atom. The molecule has 0 unspecified atom stereocenters. The van der Waals surface area contributed by atoms with Crippen molar-refractivity contribution in [2.24, 2.45) is 0 Å². The quantitative estimate of drug-likeness (QED) is 0.730. The van der Waals surface area contributed by atoms with Crippen LogP contribution in [-0.2, 0) is 17.8 Å². The lowest BCUT2D eigenvalue weighted by Crippen LogP contribution is -2.32. The molecule has 0 radical (unpaired) electrons. The molecule has 1 amide bonds. The normalized spacial score (nSPS) is 11.6. The maximum atomic E-state index is 12.7. The average molecular weight is 364 g/mol. The molecule has 5 nitrogen and oxygen atoms in total. The number of fused-ring (bicyclic) bond motifs is 1. The van der Waals surface area contributed by atoms with Gasteiger partial charge in [0, 0.05) is 22.7 Å². The Bertz CT molecular complexity index is 1030. The van der Waals surface area contributed by atoms with Crippen LogP contribution in [0.3, 0.4) is 0 Å². The van der Waals surface area contributed by atoms with Crippen molar-refractivity contribution in [2.75, 3.05) is 5.32 Å². The number of aromatic nitrogens is 1. The second-order valence-corrected chi connectivity index (χ2v) is 7.54. The summed E-state index contributed by atoms with van der Waals surface area (Å²) in [6.07, 6.45) is 1.92. The molecule has 2 aromatic carbocycles. The van der Waals surface area contributed by atoms with Crippen LogP contribution in [0.15, 0.2) is 59.5 Å². The number of anilines is 1. The van der Waals surface area contributed by atoms with Crippen LogP contribution in [0.25, 0.3) is 10.8 Å². The van der Waals surface area contributed by atoms with Crippen LogP contribution in [0.4, 0.5) is 5.69 Å². The monoisotopic (exact) mass is 364 g/mol. The number of carbonyl (C=O) groups is 1. The summed E-state index contributed by atoms with van der Waals surface area (Å²) in [5, 5.41) is 14.1. The first-order valence-electron chi connectivity index (χ1n) is 8.93. The maximum Gasteiger partial charge on any atom is 0.258 e. The third-order valence-electron chi connectivity index (χ3n) is 4.34. The van der Waals surface area contributed by atoms with Gasteiger partial charge in [-0.3, -0.25) is 9.59 Å². The number of nitrogens with one attached hydrogen (secondary N) is 1. The van der Waals surface area contributed by atoms with E-state index in [4.69, 9.17) is 0 Å². The molecule has 1 heterocycles. The average Bonchev–Trinajstić information content (AvgIpc) is 2.59. The standard InChI is InChI=1S/C22H24N2O3/c1-15-7-9-16(10-8-15)13-20(25)23-19-6-4-5-18-17(19)11-12-24(21(18)26)14-22(2,3)27/h4-12,27H,13-14H2,1-3H3,(H,23,25). The second kappa shape index (κ2) is 7.37. The van der Waals surface area contributed by atoms with Crippen molar-refractivity contribution in [3.8, 4) is 0 Å². The molecule has 3 rings (SSSR count). The lowest BCUT2D eigenvalue weighted by atomic mass is 10.1. The second-order valence-electron chi connectivity index (χ2n) is 7.54. The third kappa shape index (κ3) is 4.63. The van der Waals surface area contributed by atoms with Gasteiger partial charge in [0.15, 0.2) is 0 Å². The van der Waals surface area contributed by atoms with Crippen LogP contribution in [0.1, 0.15) is 25.0 Å². The van der Waals surface area contributed by atoms with Gasteiger partial charge in [-0.2, -0.15) is 0 Å². The molecule has 0 bridgehead atoms. The van der Waals surface area contributed by atoms with E-state index < -0.39 is 5.60 Å². The van der Waals surface area contributed by atoms with E-state index in [1.165, 1.54) is 4.57 Å². The van der Waals surface area contributed by atoms with Crippen molar-refractivity contribution in [3.63, 3.8) is 0 Å². The van der Waals surface area contributed by atoms with Crippen molar-refractivity contribution >= 4 is 22.4 Å². The topological polar surface area (TPSA) is 71.3 Å². The van der Waals surface area contributed by atoms with E-state index in [-0.39, 0.29) is 24.4 Å². The minimum absolute atomic E-state index is 0.132. The van der Waals surface area contributed by atoms with Crippen molar-refractivity contribution in [3.05, 3.63) is 76.2 Å². The highest BCUT2D eigenvalue weighted by Crippen LogP contribution is 2.21. The van der Waals surface area contributed by atoms with E-state index in [9.17, 15) is 14.7 Å². The van der Waals surface area contributed by atoms with E-state index in [0.29, 0.717) is 16.5 Å². The highest BCUT2D eigenvalue weighted by atomic mass is 16.3. The predicted molar refractivity (Wildman–Crippen MR) is 108 cm³/mol. The highest BCUT2D eigenvalue weighted by molar-refractivity contribution is 6.02. The number of benzene rings is 2. The molecule has 140 valence electrons. The van der Waals surface area contributed by atoms with E-state index in [1.54, 1.807) is 44.3 Å². The van der Waals surface area contributed by atoms with Gasteiger partial charge in [0.1, 0.15) is 0 Å². The number of hydrogen-bond acceptors (Lipinski definition) is 3. The van der Waals surface area contributed by atoms with Gasteiger partial charge in [0.25, 0.3) is 5.56 Å². The lowest BCUT2D eigenvalue weighted by Gasteiger charge is -2.19. The Hall–Kier alpha value is -2.92. The zero-order valence-corrected chi connectivity index (χ0v) is 15.8. The molecule has 5 heteroatoms. The summed E-state index contributed by atoms with van der Waals surface area (Å²) < 4.78 is 1.49. The van der Waals surface area contributed by atoms with Gasteiger partial charge in [-0.05, 0) is 44.5 Å². The smallest absolute Gasteiger partial charge is 0.258 e. The lowest BCUT2D eigenvalue weighted by molar-refractivity contribution is -0.115. The zero-order chi connectivity index (χ0) is 19.6. The Labute approximate surface area is 158 Å². The van der Waals surface area contributed by atoms with Crippen molar-refractivity contribution in [1.29, 1.82) is 0 Å². The van der Waals surface area contributed by atoms with Gasteiger partial charge in [0.2, 0.25) is 5.91 Å². The molecule has 2 N–H and O–H groups in total. The van der Waals surface area contributed by atoms with Crippen LogP contribution >= 0.6 is 0 Å². The summed E-state index contributed by atoms with van der Waals surface area (Å²) in [7, 11) is 0. The number of rotatable bonds is 5. The van der Waals surface area contributed by atoms with Crippen LogP contribution in [-0.4, -0.2) is 21.2 Å². The molecule has 0 aliphatic rings. The Balaban J connectivity index is 1.86. The molecule has 0 fully saturated rings. The van der Waals surface area contributed by atoms with Crippen molar-refractivity contribution in [2.45, 2.75) is 39.3 Å². The minimum atomic E-state index is -0.989. The fourth-order valence-corrected chi connectivity index (χ4v) is 3.05. The van der Waals surface area contributed by atoms with E-state index in [1.807, 2.05) is 31.2 Å². The van der Waals surface area contributed by atoms with Crippen LogP contribution in [0.2, 0.25) is 0 Å². The van der Waals surface area contributed by atoms with Crippen molar-refractivity contribution in [1.82, 2.24) is 4.57 Å². The van der Waals surface area contributed by atoms with Gasteiger partial charge in [-0.1, -0.05) is 35.9 Å². The first-order chi connectivity index (χ1) is 12.7. The molecule has 1 aromatic heterocycles. The van der Waals surface area contributed by atoms with Crippen LogP contribution in [0, 0.1) is 6.92 Å². The molecular weight excluding hydrogens is 340 g/mol. The summed E-state index contributed by atoms with van der Waals surface area (Å²) in [5.41, 5.74) is 1.51. The summed E-state index contributed by atoms with van der Waals surface area (Å²) in [5.74, 6) is -0.132. The molecule has 0 saturated heterocycles. The van der Waals surface area contributed by atoms with E-state index in [0.717, 1.165) is 11.1 Å². The summed E-state index contributed by atoms with van der Waals surface area (Å²) in [6, 6.07) is 14.9. The Morgan fingerprint density at radius 3 is 2.44 bits per heavy atom. The molecule has 27 heavy (non-hydrogen) atoms. The maximum absolute atomic E-state index is 12.7. The fraction of sp³-hybridized carbons (Fsp3) is 0.273. The Morgan fingerprint density at radius 2 is 1.78 bits per heavy atom. The van der Waals surface area contributed by atoms with Gasteiger partial charge < -0.3 is 15.0 Å². The van der Waals surface area contributed by atoms with Gasteiger partial charge in [0.05, 0.1) is 18.6 Å². The molecular formula is C22H24N2O3. The number of aryl methyl sites for hydroxylation is 1. The third-order valence-corrected chi connectivity index (χ3v) is 4.34. The first-order valence-corrected chi connectivity index (χ1v) is 8.93. The van der Waals surface area contributed by atoms with Gasteiger partial charge >= 0.3 is 0 Å². The minimum Gasteiger partial charge on any atom is -0.389 e.